The first kappa shape index (κ1) is 39.0. The van der Waals surface area contributed by atoms with Crippen molar-refractivity contribution in [3.8, 4) is 11.5 Å². The highest BCUT2D eigenvalue weighted by Gasteiger charge is 2.52. The molecule has 3 atom stereocenters. The molecular weight excluding hydrogens is 717 g/mol. The number of ether oxygens (including phenoxy) is 2. The Kier molecular flexibility index (Phi) is 11.4. The van der Waals surface area contributed by atoms with Gasteiger partial charge < -0.3 is 18.3 Å². The first-order valence-corrected chi connectivity index (χ1v) is 25.5. The van der Waals surface area contributed by atoms with Gasteiger partial charge in [0.05, 0.1) is 10.2 Å². The number of allylic oxidation sites excluding steroid dienone is 2. The molecule has 1 spiro atoms. The van der Waals surface area contributed by atoms with E-state index in [-0.39, 0.29) is 38.4 Å². The Morgan fingerprint density at radius 1 is 0.827 bits per heavy atom. The lowest BCUT2D eigenvalue weighted by molar-refractivity contribution is 0.0306. The van der Waals surface area contributed by atoms with E-state index in [1.54, 1.807) is 0 Å². The van der Waals surface area contributed by atoms with Crippen LogP contribution in [0.2, 0.25) is 23.2 Å². The lowest BCUT2D eigenvalue weighted by Crippen LogP contribution is -2.68. The lowest BCUT2D eigenvalue weighted by atomic mass is 10.00. The maximum absolute atomic E-state index is 14.6. The van der Waals surface area contributed by atoms with Crippen LogP contribution in [0, 0.1) is 0 Å². The maximum Gasteiger partial charge on any atom is 0.342 e. The van der Waals surface area contributed by atoms with E-state index in [9.17, 15) is 4.79 Å². The third-order valence-corrected chi connectivity index (χ3v) is 23.4. The third kappa shape index (κ3) is 8.34. The van der Waals surface area contributed by atoms with Crippen LogP contribution in [-0.2, 0) is 15.9 Å². The topological polar surface area (TPSA) is 57.3 Å². The van der Waals surface area contributed by atoms with Crippen molar-refractivity contribution in [1.82, 2.24) is 0 Å². The molecule has 52 heavy (non-hydrogen) atoms. The molecule has 3 heterocycles. The molecule has 3 aromatic carbocycles. The van der Waals surface area contributed by atoms with Gasteiger partial charge in [0.15, 0.2) is 0 Å². The Bertz CT molecular complexity index is 1730. The SMILES string of the molecule is C[C@@H]1C[C@H]2O[C@@H]2/C=C/C=C/C2(Cc3cc(O[Si](c4ccccc4)(c4ccccc4)C(C)(C)C)cc(O[Si](C)(C)C(C)(C)C)c3C(=O)O1)SCCCS2. The van der Waals surface area contributed by atoms with Crippen LogP contribution in [0.3, 0.4) is 0 Å². The van der Waals surface area contributed by atoms with E-state index in [0.29, 0.717) is 24.2 Å². The highest BCUT2D eigenvalue weighted by Crippen LogP contribution is 2.49. The molecule has 3 aliphatic rings. The van der Waals surface area contributed by atoms with Gasteiger partial charge in [-0.2, -0.15) is 0 Å². The molecule has 3 aromatic rings. The number of fused-ring (bicyclic) bond motifs is 2. The number of esters is 1. The summed E-state index contributed by atoms with van der Waals surface area (Å²) in [6.07, 6.45) is 11.0. The van der Waals surface area contributed by atoms with Crippen molar-refractivity contribution in [1.29, 1.82) is 0 Å². The number of rotatable bonds is 6. The van der Waals surface area contributed by atoms with Gasteiger partial charge in [-0.3, -0.25) is 0 Å². The molecule has 0 saturated carbocycles. The number of cyclic esters (lactones) is 1. The average Bonchev–Trinajstić information content (AvgIpc) is 3.82. The summed E-state index contributed by atoms with van der Waals surface area (Å²) >= 11 is 3.92. The molecule has 0 aliphatic carbocycles. The van der Waals surface area contributed by atoms with Crippen LogP contribution < -0.4 is 19.2 Å². The van der Waals surface area contributed by atoms with Crippen molar-refractivity contribution in [2.75, 3.05) is 11.5 Å². The van der Waals surface area contributed by atoms with Crippen LogP contribution in [0.5, 0.6) is 11.5 Å². The Balaban J connectivity index is 1.59. The number of benzene rings is 3. The largest absolute Gasteiger partial charge is 0.543 e. The minimum atomic E-state index is -3.01. The molecule has 6 rings (SSSR count). The maximum atomic E-state index is 14.6. The number of hydrogen-bond donors (Lipinski definition) is 0. The molecule has 2 fully saturated rings. The molecule has 0 bridgehead atoms. The molecule has 2 saturated heterocycles. The molecular formula is C43H56O5S2Si2. The van der Waals surface area contributed by atoms with E-state index in [1.807, 2.05) is 36.5 Å². The molecule has 3 aliphatic heterocycles. The van der Waals surface area contributed by atoms with E-state index in [0.717, 1.165) is 29.2 Å². The summed E-state index contributed by atoms with van der Waals surface area (Å²) in [5.74, 6) is 3.05. The zero-order chi connectivity index (χ0) is 37.4. The van der Waals surface area contributed by atoms with Crippen LogP contribution in [0.15, 0.2) is 97.1 Å². The summed E-state index contributed by atoms with van der Waals surface area (Å²) < 4.78 is 26.8. The number of hydrogen-bond acceptors (Lipinski definition) is 7. The first-order chi connectivity index (χ1) is 24.5. The molecule has 0 unspecified atom stereocenters. The Labute approximate surface area is 322 Å². The van der Waals surface area contributed by atoms with Gasteiger partial charge in [0.25, 0.3) is 8.32 Å². The van der Waals surface area contributed by atoms with Crippen LogP contribution in [0.1, 0.15) is 77.2 Å². The fraction of sp³-hybridized carbons (Fsp3) is 0.465. The molecule has 9 heteroatoms. The molecule has 0 aromatic heterocycles. The van der Waals surface area contributed by atoms with Gasteiger partial charge in [-0.05, 0) is 70.0 Å². The van der Waals surface area contributed by atoms with Crippen molar-refractivity contribution in [3.63, 3.8) is 0 Å². The summed E-state index contributed by atoms with van der Waals surface area (Å²) in [6, 6.07) is 25.6. The number of epoxide rings is 1. The summed E-state index contributed by atoms with van der Waals surface area (Å²) in [6.45, 7) is 20.0. The van der Waals surface area contributed by atoms with Crippen LogP contribution in [-0.4, -0.2) is 56.5 Å². The second-order valence-electron chi connectivity index (χ2n) is 17.0. The van der Waals surface area contributed by atoms with Crippen molar-refractivity contribution in [2.24, 2.45) is 0 Å². The second-order valence-corrected chi connectivity index (χ2v) is 29.0. The number of carbonyl (C=O) groups is 1. The predicted octanol–water partition coefficient (Wildman–Crippen LogP) is 9.95. The van der Waals surface area contributed by atoms with Crippen molar-refractivity contribution < 1.29 is 23.1 Å². The summed E-state index contributed by atoms with van der Waals surface area (Å²) in [7, 11) is -5.45. The predicted molar refractivity (Wildman–Crippen MR) is 225 cm³/mol. The Morgan fingerprint density at radius 2 is 1.44 bits per heavy atom. The van der Waals surface area contributed by atoms with Crippen molar-refractivity contribution in [3.05, 3.63) is 108 Å². The molecule has 0 amide bonds. The highest BCUT2D eigenvalue weighted by atomic mass is 32.2. The van der Waals surface area contributed by atoms with Crippen LogP contribution in [0.25, 0.3) is 0 Å². The summed E-state index contributed by atoms with van der Waals surface area (Å²) in [4.78, 5) is 14.6. The lowest BCUT2D eigenvalue weighted by Gasteiger charge is -2.43. The van der Waals surface area contributed by atoms with E-state index in [4.69, 9.17) is 18.3 Å². The Hall–Kier alpha value is -2.70. The van der Waals surface area contributed by atoms with Gasteiger partial charge in [-0.25, -0.2) is 4.79 Å². The van der Waals surface area contributed by atoms with Crippen LogP contribution >= 0.6 is 23.5 Å². The Morgan fingerprint density at radius 3 is 2.02 bits per heavy atom. The van der Waals surface area contributed by atoms with E-state index < -0.39 is 16.6 Å². The van der Waals surface area contributed by atoms with Crippen molar-refractivity contribution >= 4 is 56.5 Å². The quantitative estimate of drug-likeness (QED) is 0.141. The van der Waals surface area contributed by atoms with Gasteiger partial charge in [0.2, 0.25) is 0 Å². The molecule has 0 radical (unpaired) electrons. The zero-order valence-electron chi connectivity index (χ0n) is 32.4. The smallest absolute Gasteiger partial charge is 0.342 e. The fourth-order valence-corrected chi connectivity index (χ4v) is 15.6. The van der Waals surface area contributed by atoms with E-state index in [1.165, 1.54) is 10.4 Å². The van der Waals surface area contributed by atoms with Gasteiger partial charge in [0.1, 0.15) is 29.3 Å². The molecule has 0 N–H and O–H groups in total. The number of thioether (sulfide) groups is 2. The fourth-order valence-electron chi connectivity index (χ4n) is 7.03. The van der Waals surface area contributed by atoms with Gasteiger partial charge in [0, 0.05) is 18.9 Å². The minimum absolute atomic E-state index is 0.0485. The minimum Gasteiger partial charge on any atom is -0.543 e. The second kappa shape index (κ2) is 15.2. The third-order valence-electron chi connectivity index (χ3n) is 10.9. The first-order valence-electron chi connectivity index (χ1n) is 18.7. The standard InChI is InChI=1S/C43H56O5S2Si2/c1-31-27-37-36(46-37)23-16-17-24-43(49-25-18-26-50-43)30-32-28-33(29-38(39(32)40(44)45-31)48-51(8,9)41(2,3)4)47-52(42(5,6)7,34-19-12-10-13-20-34)35-21-14-11-15-22-35/h10-17,19-24,28-29,31,36-37H,18,25-27,30H2,1-9H3/b23-16+,24-17+/t31-,36-,37-/m1/s1. The van der Waals surface area contributed by atoms with Crippen LogP contribution in [0.4, 0.5) is 0 Å². The molecule has 5 nitrogen and oxygen atoms in total. The molecule has 278 valence electrons. The van der Waals surface area contributed by atoms with Gasteiger partial charge >= 0.3 is 14.3 Å². The monoisotopic (exact) mass is 772 g/mol. The summed E-state index contributed by atoms with van der Waals surface area (Å²) in [5.41, 5.74) is 1.42. The summed E-state index contributed by atoms with van der Waals surface area (Å²) in [5, 5.41) is 2.04. The highest BCUT2D eigenvalue weighted by molar-refractivity contribution is 8.19. The average molecular weight is 773 g/mol. The van der Waals surface area contributed by atoms with E-state index in [2.05, 4.69) is 146 Å². The van der Waals surface area contributed by atoms with Crippen molar-refractivity contribution in [2.45, 2.75) is 113 Å². The van der Waals surface area contributed by atoms with Gasteiger partial charge in [-0.15, -0.1) is 23.5 Å². The number of carbonyl (C=O) groups excluding carboxylic acids is 1. The van der Waals surface area contributed by atoms with Gasteiger partial charge in [-0.1, -0.05) is 127 Å². The zero-order valence-corrected chi connectivity index (χ0v) is 36.0. The van der Waals surface area contributed by atoms with E-state index >= 15 is 0 Å². The normalized spacial score (nSPS) is 23.7.